The van der Waals surface area contributed by atoms with Gasteiger partial charge in [0.25, 0.3) is 0 Å². The normalized spacial score (nSPS) is 10.6. The minimum absolute atomic E-state index is 0.258. The van der Waals surface area contributed by atoms with Crippen molar-refractivity contribution in [2.75, 3.05) is 14.2 Å². The molecule has 0 aliphatic carbocycles. The first-order chi connectivity index (χ1) is 13.5. The fraction of sp³-hybridized carbons (Fsp3) is 0.150. The first-order valence-corrected chi connectivity index (χ1v) is 8.99. The molecule has 2 aromatic heterocycles. The third-order valence-corrected chi connectivity index (χ3v) is 4.87. The van der Waals surface area contributed by atoms with E-state index in [1.54, 1.807) is 18.5 Å². The van der Waals surface area contributed by atoms with Crippen LogP contribution < -0.4 is 14.8 Å². The van der Waals surface area contributed by atoms with Crippen LogP contribution in [-0.2, 0) is 11.3 Å². The van der Waals surface area contributed by atoms with E-state index in [1.807, 2.05) is 12.1 Å². The lowest BCUT2D eigenvalue weighted by Gasteiger charge is -2.14. The second-order valence-electron chi connectivity index (χ2n) is 5.80. The van der Waals surface area contributed by atoms with Crippen LogP contribution >= 0.6 is 23.2 Å². The van der Waals surface area contributed by atoms with Crippen molar-refractivity contribution < 1.29 is 14.3 Å². The molecule has 1 aromatic carbocycles. The van der Waals surface area contributed by atoms with Gasteiger partial charge in [0.05, 0.1) is 42.2 Å². The van der Waals surface area contributed by atoms with E-state index in [2.05, 4.69) is 21.9 Å². The number of benzene rings is 1. The van der Waals surface area contributed by atoms with E-state index in [-0.39, 0.29) is 5.91 Å². The zero-order valence-electron chi connectivity index (χ0n) is 15.3. The van der Waals surface area contributed by atoms with E-state index in [0.29, 0.717) is 45.0 Å². The maximum Gasteiger partial charge on any atom is 0.243 e. The fourth-order valence-electron chi connectivity index (χ4n) is 2.68. The quantitative estimate of drug-likeness (QED) is 0.600. The first kappa shape index (κ1) is 19.9. The summed E-state index contributed by atoms with van der Waals surface area (Å²) in [6.45, 7) is 3.72. The van der Waals surface area contributed by atoms with E-state index >= 15 is 0 Å². The molecule has 144 valence electrons. The molecule has 6 nitrogen and oxygen atoms in total. The number of pyridine rings is 2. The van der Waals surface area contributed by atoms with Crippen molar-refractivity contribution in [2.45, 2.75) is 6.54 Å². The number of amides is 1. The minimum atomic E-state index is -0.258. The summed E-state index contributed by atoms with van der Waals surface area (Å²) in [7, 11) is 3.03. The molecule has 2 heterocycles. The lowest BCUT2D eigenvalue weighted by molar-refractivity contribution is -0.116. The van der Waals surface area contributed by atoms with Crippen molar-refractivity contribution in [1.29, 1.82) is 0 Å². The highest BCUT2D eigenvalue weighted by Crippen LogP contribution is 2.45. The fourth-order valence-corrected chi connectivity index (χ4v) is 3.37. The first-order valence-electron chi connectivity index (χ1n) is 8.23. The SMILES string of the molecule is C=CC(=O)NCc1cc2cnc(-c3c(Cl)c(OC)cc(OC)c3Cl)cc2cn1. The largest absolute Gasteiger partial charge is 0.495 e. The molecular formula is C20H17Cl2N3O3. The smallest absolute Gasteiger partial charge is 0.243 e. The number of nitrogens with zero attached hydrogens (tertiary/aromatic N) is 2. The highest BCUT2D eigenvalue weighted by molar-refractivity contribution is 6.41. The van der Waals surface area contributed by atoms with Gasteiger partial charge in [0, 0.05) is 34.8 Å². The maximum atomic E-state index is 11.3. The van der Waals surface area contributed by atoms with E-state index < -0.39 is 0 Å². The number of rotatable bonds is 6. The average molecular weight is 418 g/mol. The lowest BCUT2D eigenvalue weighted by Crippen LogP contribution is -2.20. The molecule has 0 fully saturated rings. The maximum absolute atomic E-state index is 11.3. The monoisotopic (exact) mass is 417 g/mol. The number of hydrogen-bond acceptors (Lipinski definition) is 5. The Balaban J connectivity index is 2.04. The molecule has 0 atom stereocenters. The molecule has 0 unspecified atom stereocenters. The molecule has 0 saturated heterocycles. The van der Waals surface area contributed by atoms with Crippen LogP contribution in [0, 0.1) is 0 Å². The number of methoxy groups -OCH3 is 2. The van der Waals surface area contributed by atoms with Gasteiger partial charge in [-0.2, -0.15) is 0 Å². The van der Waals surface area contributed by atoms with Crippen LogP contribution in [0.25, 0.3) is 22.0 Å². The molecule has 0 radical (unpaired) electrons. The Bertz CT molecular complexity index is 1040. The molecule has 28 heavy (non-hydrogen) atoms. The molecule has 1 amide bonds. The number of fused-ring (bicyclic) bond motifs is 1. The molecule has 0 spiro atoms. The van der Waals surface area contributed by atoms with Crippen LogP contribution in [0.2, 0.25) is 10.0 Å². The zero-order valence-corrected chi connectivity index (χ0v) is 16.8. The van der Waals surface area contributed by atoms with Crippen molar-refractivity contribution in [3.8, 4) is 22.8 Å². The topological polar surface area (TPSA) is 73.3 Å². The van der Waals surface area contributed by atoms with Crippen molar-refractivity contribution in [1.82, 2.24) is 15.3 Å². The van der Waals surface area contributed by atoms with Crippen LogP contribution in [0.15, 0.2) is 43.2 Å². The van der Waals surface area contributed by atoms with Crippen molar-refractivity contribution in [3.63, 3.8) is 0 Å². The van der Waals surface area contributed by atoms with Gasteiger partial charge < -0.3 is 14.8 Å². The Morgan fingerprint density at radius 2 is 1.68 bits per heavy atom. The van der Waals surface area contributed by atoms with Gasteiger partial charge in [-0.3, -0.25) is 14.8 Å². The summed E-state index contributed by atoms with van der Waals surface area (Å²) in [6, 6.07) is 5.31. The number of halogens is 2. The molecule has 0 bridgehead atoms. The number of nitrogens with one attached hydrogen (secondary N) is 1. The third kappa shape index (κ3) is 3.88. The van der Waals surface area contributed by atoms with Crippen molar-refractivity contribution >= 4 is 39.9 Å². The number of ether oxygens (including phenoxy) is 2. The van der Waals surface area contributed by atoms with E-state index in [0.717, 1.165) is 10.8 Å². The highest BCUT2D eigenvalue weighted by atomic mass is 35.5. The Morgan fingerprint density at radius 1 is 1.07 bits per heavy atom. The Labute approximate surface area is 172 Å². The summed E-state index contributed by atoms with van der Waals surface area (Å²) in [5.41, 5.74) is 1.79. The zero-order chi connectivity index (χ0) is 20.3. The second kappa shape index (κ2) is 8.46. The number of aromatic nitrogens is 2. The standard InChI is InChI=1S/C20H17Cl2N3O3/c1-4-17(26)25-10-13-5-11-9-24-14(6-12(11)8-23-13)18-19(21)15(27-2)7-16(28-3)20(18)22/h4-9H,1,10H2,2-3H3,(H,25,26). The van der Waals surface area contributed by atoms with E-state index in [9.17, 15) is 4.79 Å². The molecule has 3 rings (SSSR count). The molecule has 0 aliphatic heterocycles. The van der Waals surface area contributed by atoms with Gasteiger partial charge in [-0.05, 0) is 18.2 Å². The van der Waals surface area contributed by atoms with Crippen LogP contribution in [0.4, 0.5) is 0 Å². The summed E-state index contributed by atoms with van der Waals surface area (Å²) in [4.78, 5) is 20.2. The van der Waals surface area contributed by atoms with Crippen LogP contribution in [-0.4, -0.2) is 30.1 Å². The summed E-state index contributed by atoms with van der Waals surface area (Å²) in [6.07, 6.45) is 4.61. The molecular weight excluding hydrogens is 401 g/mol. The van der Waals surface area contributed by atoms with Gasteiger partial charge in [0.15, 0.2) is 0 Å². The summed E-state index contributed by atoms with van der Waals surface area (Å²) >= 11 is 12.9. The van der Waals surface area contributed by atoms with Crippen molar-refractivity contribution in [3.05, 3.63) is 59.0 Å². The predicted molar refractivity (Wildman–Crippen MR) is 110 cm³/mol. The number of carbonyl (C=O) groups is 1. The number of hydrogen-bond donors (Lipinski definition) is 1. The molecule has 3 aromatic rings. The van der Waals surface area contributed by atoms with Crippen LogP contribution in [0.3, 0.4) is 0 Å². The highest BCUT2D eigenvalue weighted by Gasteiger charge is 2.20. The summed E-state index contributed by atoms with van der Waals surface area (Å²) in [5.74, 6) is 0.615. The van der Waals surface area contributed by atoms with Gasteiger partial charge >= 0.3 is 0 Å². The lowest BCUT2D eigenvalue weighted by atomic mass is 10.1. The Morgan fingerprint density at radius 3 is 2.29 bits per heavy atom. The van der Waals surface area contributed by atoms with Crippen LogP contribution in [0.1, 0.15) is 5.69 Å². The van der Waals surface area contributed by atoms with Gasteiger partial charge in [-0.15, -0.1) is 0 Å². The minimum Gasteiger partial charge on any atom is -0.495 e. The van der Waals surface area contributed by atoms with Gasteiger partial charge in [-0.25, -0.2) is 0 Å². The second-order valence-corrected chi connectivity index (χ2v) is 6.55. The van der Waals surface area contributed by atoms with Gasteiger partial charge in [-0.1, -0.05) is 29.8 Å². The number of carbonyl (C=O) groups excluding carboxylic acids is 1. The molecule has 0 saturated carbocycles. The summed E-state index contributed by atoms with van der Waals surface area (Å²) in [5, 5.41) is 5.09. The van der Waals surface area contributed by atoms with E-state index in [1.165, 1.54) is 20.3 Å². The average Bonchev–Trinajstić information content (AvgIpc) is 2.72. The third-order valence-electron chi connectivity index (χ3n) is 4.12. The van der Waals surface area contributed by atoms with Gasteiger partial charge in [0.1, 0.15) is 11.5 Å². The van der Waals surface area contributed by atoms with Gasteiger partial charge in [0.2, 0.25) is 5.91 Å². The van der Waals surface area contributed by atoms with E-state index in [4.69, 9.17) is 32.7 Å². The predicted octanol–water partition coefficient (Wildman–Crippen LogP) is 4.42. The molecule has 8 heteroatoms. The van der Waals surface area contributed by atoms with Crippen molar-refractivity contribution in [2.24, 2.45) is 0 Å². The Hall–Kier alpha value is -2.83. The Kier molecular flexibility index (Phi) is 6.02. The summed E-state index contributed by atoms with van der Waals surface area (Å²) < 4.78 is 10.6. The molecule has 1 N–H and O–H groups in total. The molecule has 0 aliphatic rings. The van der Waals surface area contributed by atoms with Crippen LogP contribution in [0.5, 0.6) is 11.5 Å².